The van der Waals surface area contributed by atoms with Crippen LogP contribution in [0.3, 0.4) is 0 Å². The fourth-order valence-corrected chi connectivity index (χ4v) is 2.03. The Morgan fingerprint density at radius 3 is 2.57 bits per heavy atom. The zero-order valence-electron chi connectivity index (χ0n) is 12.6. The van der Waals surface area contributed by atoms with Gasteiger partial charge in [-0.1, -0.05) is 6.07 Å². The Morgan fingerprint density at radius 2 is 1.95 bits per heavy atom. The number of anilines is 1. The maximum atomic E-state index is 10.9. The predicted octanol–water partition coefficient (Wildman–Crippen LogP) is 1.66. The molecule has 0 spiro atoms. The average Bonchev–Trinajstić information content (AvgIpc) is 2.46. The lowest BCUT2D eigenvalue weighted by atomic mass is 10.1. The second-order valence-electron chi connectivity index (χ2n) is 4.77. The van der Waals surface area contributed by atoms with E-state index in [0.717, 1.165) is 25.1 Å². The quantitative estimate of drug-likeness (QED) is 0.306. The highest BCUT2D eigenvalue weighted by atomic mass is 16.6. The first-order valence-corrected chi connectivity index (χ1v) is 6.81. The van der Waals surface area contributed by atoms with E-state index < -0.39 is 4.92 Å². The van der Waals surface area contributed by atoms with E-state index in [1.165, 1.54) is 6.07 Å². The van der Waals surface area contributed by atoms with Crippen LogP contribution in [0.15, 0.2) is 18.2 Å². The van der Waals surface area contributed by atoms with Crippen LogP contribution in [-0.2, 0) is 16.0 Å². The van der Waals surface area contributed by atoms with Crippen molar-refractivity contribution in [3.8, 4) is 0 Å². The summed E-state index contributed by atoms with van der Waals surface area (Å²) < 4.78 is 10.1. The number of rotatable bonds is 10. The van der Waals surface area contributed by atoms with Crippen molar-refractivity contribution < 1.29 is 14.4 Å². The Bertz CT molecular complexity index is 454. The van der Waals surface area contributed by atoms with Crippen molar-refractivity contribution >= 4 is 11.4 Å². The standard InChI is InChI=1S/C14H23N3O4/c1-20-8-3-6-16(7-9-21-2)11-12-4-5-13(15)14(10-12)17(18)19/h4-5,10H,3,6-9,11,15H2,1-2H3. The molecule has 0 aliphatic carbocycles. The molecule has 0 heterocycles. The molecule has 7 nitrogen and oxygen atoms in total. The Hall–Kier alpha value is -1.70. The molecule has 1 aromatic carbocycles. The van der Waals surface area contributed by atoms with Crippen LogP contribution in [-0.4, -0.2) is 50.3 Å². The van der Waals surface area contributed by atoms with Gasteiger partial charge < -0.3 is 15.2 Å². The van der Waals surface area contributed by atoms with Crippen molar-refractivity contribution in [2.24, 2.45) is 0 Å². The Balaban J connectivity index is 2.72. The topological polar surface area (TPSA) is 90.9 Å². The van der Waals surface area contributed by atoms with Crippen LogP contribution in [0.5, 0.6) is 0 Å². The molecule has 0 unspecified atom stereocenters. The summed E-state index contributed by atoms with van der Waals surface area (Å²) in [7, 11) is 3.32. The molecule has 7 heteroatoms. The van der Waals surface area contributed by atoms with Crippen molar-refractivity contribution in [3.05, 3.63) is 33.9 Å². The fraction of sp³-hybridized carbons (Fsp3) is 0.571. The second-order valence-corrected chi connectivity index (χ2v) is 4.77. The van der Waals surface area contributed by atoms with Crippen LogP contribution >= 0.6 is 0 Å². The van der Waals surface area contributed by atoms with Gasteiger partial charge in [0, 0.05) is 46.5 Å². The van der Waals surface area contributed by atoms with Gasteiger partial charge in [-0.25, -0.2) is 0 Å². The Morgan fingerprint density at radius 1 is 1.24 bits per heavy atom. The van der Waals surface area contributed by atoms with E-state index in [1.807, 2.05) is 6.07 Å². The fourth-order valence-electron chi connectivity index (χ4n) is 2.03. The highest BCUT2D eigenvalue weighted by molar-refractivity contribution is 5.59. The minimum absolute atomic E-state index is 0.0453. The molecular formula is C14H23N3O4. The molecule has 0 aliphatic heterocycles. The van der Waals surface area contributed by atoms with E-state index in [2.05, 4.69) is 4.90 Å². The molecule has 0 bridgehead atoms. The largest absolute Gasteiger partial charge is 0.393 e. The number of nitrogen functional groups attached to an aromatic ring is 1. The molecule has 0 atom stereocenters. The van der Waals surface area contributed by atoms with E-state index in [1.54, 1.807) is 20.3 Å². The van der Waals surface area contributed by atoms with Gasteiger partial charge in [0.25, 0.3) is 5.69 Å². The second kappa shape index (κ2) is 9.28. The lowest BCUT2D eigenvalue weighted by Gasteiger charge is -2.22. The molecule has 0 aromatic heterocycles. The van der Waals surface area contributed by atoms with Gasteiger partial charge in [0.1, 0.15) is 5.69 Å². The summed E-state index contributed by atoms with van der Waals surface area (Å²) in [6, 6.07) is 4.93. The van der Waals surface area contributed by atoms with Crippen LogP contribution < -0.4 is 5.73 Å². The maximum Gasteiger partial charge on any atom is 0.292 e. The Kier molecular flexibility index (Phi) is 7.66. The minimum Gasteiger partial charge on any atom is -0.393 e. The van der Waals surface area contributed by atoms with E-state index in [0.29, 0.717) is 19.8 Å². The third-order valence-electron chi connectivity index (χ3n) is 3.13. The zero-order valence-corrected chi connectivity index (χ0v) is 12.6. The van der Waals surface area contributed by atoms with Crippen molar-refractivity contribution in [2.45, 2.75) is 13.0 Å². The summed E-state index contributed by atoms with van der Waals surface area (Å²) in [5, 5.41) is 10.9. The molecule has 0 saturated carbocycles. The molecule has 0 amide bonds. The van der Waals surface area contributed by atoms with E-state index in [9.17, 15) is 10.1 Å². The normalized spacial score (nSPS) is 11.0. The van der Waals surface area contributed by atoms with Crippen LogP contribution in [0.4, 0.5) is 11.4 Å². The lowest BCUT2D eigenvalue weighted by molar-refractivity contribution is -0.384. The minimum atomic E-state index is -0.455. The summed E-state index contributed by atoms with van der Waals surface area (Å²) in [5.74, 6) is 0. The average molecular weight is 297 g/mol. The molecule has 0 aliphatic rings. The van der Waals surface area contributed by atoms with Gasteiger partial charge in [-0.05, 0) is 18.1 Å². The van der Waals surface area contributed by atoms with Crippen molar-refractivity contribution in [1.82, 2.24) is 4.90 Å². The highest BCUT2D eigenvalue weighted by Crippen LogP contribution is 2.23. The van der Waals surface area contributed by atoms with Gasteiger partial charge in [-0.15, -0.1) is 0 Å². The third kappa shape index (κ3) is 6.07. The maximum absolute atomic E-state index is 10.9. The number of nitrogens with two attached hydrogens (primary N) is 1. The third-order valence-corrected chi connectivity index (χ3v) is 3.13. The number of ether oxygens (including phenoxy) is 2. The number of nitrogens with zero attached hydrogens (tertiary/aromatic N) is 2. The van der Waals surface area contributed by atoms with Crippen molar-refractivity contribution in [2.75, 3.05) is 46.3 Å². The predicted molar refractivity (Wildman–Crippen MR) is 81.2 cm³/mol. The summed E-state index contributed by atoms with van der Waals surface area (Å²) in [5.41, 5.74) is 6.61. The van der Waals surface area contributed by atoms with E-state index >= 15 is 0 Å². The first kappa shape index (κ1) is 17.4. The SMILES string of the molecule is COCCCN(CCOC)Cc1ccc(N)c([N+](=O)[O-])c1. The summed E-state index contributed by atoms with van der Waals surface area (Å²) in [4.78, 5) is 12.6. The molecule has 0 saturated heterocycles. The summed E-state index contributed by atoms with van der Waals surface area (Å²) in [6.45, 7) is 3.53. The molecule has 21 heavy (non-hydrogen) atoms. The lowest BCUT2D eigenvalue weighted by Crippen LogP contribution is -2.28. The number of benzene rings is 1. The van der Waals surface area contributed by atoms with Gasteiger partial charge in [-0.2, -0.15) is 0 Å². The number of hydrogen-bond acceptors (Lipinski definition) is 6. The molecule has 0 radical (unpaired) electrons. The number of nitro benzene ring substituents is 1. The van der Waals surface area contributed by atoms with Gasteiger partial charge in [-0.3, -0.25) is 15.0 Å². The number of nitro groups is 1. The number of methoxy groups -OCH3 is 2. The molecule has 1 rings (SSSR count). The van der Waals surface area contributed by atoms with E-state index in [-0.39, 0.29) is 11.4 Å². The first-order chi connectivity index (χ1) is 10.1. The smallest absolute Gasteiger partial charge is 0.292 e. The highest BCUT2D eigenvalue weighted by Gasteiger charge is 2.13. The van der Waals surface area contributed by atoms with Gasteiger partial charge in [0.05, 0.1) is 11.5 Å². The first-order valence-electron chi connectivity index (χ1n) is 6.81. The van der Waals surface area contributed by atoms with Crippen molar-refractivity contribution in [3.63, 3.8) is 0 Å². The van der Waals surface area contributed by atoms with Crippen LogP contribution in [0.2, 0.25) is 0 Å². The molecule has 0 fully saturated rings. The monoisotopic (exact) mass is 297 g/mol. The zero-order chi connectivity index (χ0) is 15.7. The molecule has 1 aromatic rings. The van der Waals surface area contributed by atoms with Gasteiger partial charge in [0.15, 0.2) is 0 Å². The van der Waals surface area contributed by atoms with Crippen LogP contribution in [0.25, 0.3) is 0 Å². The van der Waals surface area contributed by atoms with Crippen LogP contribution in [0, 0.1) is 10.1 Å². The van der Waals surface area contributed by atoms with Crippen LogP contribution in [0.1, 0.15) is 12.0 Å². The van der Waals surface area contributed by atoms with Gasteiger partial charge in [0.2, 0.25) is 0 Å². The Labute approximate surface area is 124 Å². The van der Waals surface area contributed by atoms with E-state index in [4.69, 9.17) is 15.2 Å². The summed E-state index contributed by atoms with van der Waals surface area (Å²) >= 11 is 0. The molecular weight excluding hydrogens is 274 g/mol. The van der Waals surface area contributed by atoms with Crippen molar-refractivity contribution in [1.29, 1.82) is 0 Å². The number of hydrogen-bond donors (Lipinski definition) is 1. The van der Waals surface area contributed by atoms with Gasteiger partial charge >= 0.3 is 0 Å². The molecule has 2 N–H and O–H groups in total. The summed E-state index contributed by atoms with van der Waals surface area (Å²) in [6.07, 6.45) is 0.900. The molecule has 118 valence electrons.